The van der Waals surface area contributed by atoms with Gasteiger partial charge in [0.1, 0.15) is 0 Å². The van der Waals surface area contributed by atoms with Crippen LogP contribution in [-0.2, 0) is 4.43 Å². The molecule has 3 nitrogen and oxygen atoms in total. The number of thiol groups is 1. The third-order valence-corrected chi connectivity index (χ3v) is 2.96. The van der Waals surface area contributed by atoms with Crippen LogP contribution in [0, 0.1) is 0 Å². The van der Waals surface area contributed by atoms with Crippen LogP contribution in [0.4, 0.5) is 0 Å². The van der Waals surface area contributed by atoms with Gasteiger partial charge in [-0.25, -0.2) is 0 Å². The zero-order valence-corrected chi connectivity index (χ0v) is 6.56. The van der Waals surface area contributed by atoms with Crippen LogP contribution in [0.3, 0.4) is 0 Å². The van der Waals surface area contributed by atoms with Gasteiger partial charge in [0.05, 0.1) is 0 Å². The Hall–Kier alpha value is 0.447. The summed E-state index contributed by atoms with van der Waals surface area (Å²) in [6.07, 6.45) is 0. The minimum absolute atomic E-state index is 0.257. The molecule has 2 N–H and O–H groups in total. The minimum Gasteiger partial charge on any atom is -0.390 e. The Morgan fingerprint density at radius 2 is 2.12 bits per heavy atom. The van der Waals surface area contributed by atoms with E-state index in [2.05, 4.69) is 17.1 Å². The molecule has 0 aliphatic heterocycles. The average molecular weight is 154 g/mol. The smallest absolute Gasteiger partial charge is 0.390 e. The highest BCUT2D eigenvalue weighted by Gasteiger charge is 2.28. The molecule has 0 atom stereocenters. The highest BCUT2D eigenvalue weighted by atomic mass is 32.1. The fourth-order valence-electron chi connectivity index (χ4n) is 0.248. The monoisotopic (exact) mass is 154 g/mol. The molecule has 0 aromatic rings. The van der Waals surface area contributed by atoms with Gasteiger partial charge >= 0.3 is 8.80 Å². The van der Waals surface area contributed by atoms with Crippen molar-refractivity contribution in [3.63, 3.8) is 0 Å². The lowest BCUT2D eigenvalue weighted by atomic mass is 11.0. The van der Waals surface area contributed by atoms with Gasteiger partial charge in [-0.2, -0.15) is 12.6 Å². The van der Waals surface area contributed by atoms with E-state index in [1.54, 1.807) is 0 Å². The molecule has 0 aliphatic carbocycles. The van der Waals surface area contributed by atoms with Crippen LogP contribution >= 0.6 is 12.6 Å². The van der Waals surface area contributed by atoms with Gasteiger partial charge in [0, 0.05) is 13.2 Å². The van der Waals surface area contributed by atoms with E-state index >= 15 is 0 Å². The largest absolute Gasteiger partial charge is 0.496 e. The SMILES string of the molecule is CO[Si](O)(O)CCS. The molecule has 5 heteroatoms. The lowest BCUT2D eigenvalue weighted by Gasteiger charge is -2.11. The van der Waals surface area contributed by atoms with Crippen molar-refractivity contribution in [3.05, 3.63) is 0 Å². The van der Waals surface area contributed by atoms with Gasteiger partial charge in [-0.15, -0.1) is 0 Å². The molecular formula is C3H10O3SSi. The molecule has 8 heavy (non-hydrogen) atoms. The molecule has 0 aromatic carbocycles. The van der Waals surface area contributed by atoms with Crippen molar-refractivity contribution >= 4 is 21.4 Å². The fraction of sp³-hybridized carbons (Fsp3) is 1.00. The van der Waals surface area contributed by atoms with E-state index in [0.29, 0.717) is 5.75 Å². The van der Waals surface area contributed by atoms with Crippen molar-refractivity contribution in [2.45, 2.75) is 6.04 Å². The van der Waals surface area contributed by atoms with E-state index in [1.165, 1.54) is 7.11 Å². The molecule has 0 radical (unpaired) electrons. The van der Waals surface area contributed by atoms with Crippen molar-refractivity contribution in [3.8, 4) is 0 Å². The van der Waals surface area contributed by atoms with Crippen LogP contribution in [0.25, 0.3) is 0 Å². The maximum absolute atomic E-state index is 8.75. The fourth-order valence-corrected chi connectivity index (χ4v) is 1.62. The van der Waals surface area contributed by atoms with Crippen LogP contribution in [0.2, 0.25) is 6.04 Å². The van der Waals surface area contributed by atoms with E-state index in [0.717, 1.165) is 0 Å². The number of rotatable bonds is 3. The van der Waals surface area contributed by atoms with Crippen LogP contribution in [0.5, 0.6) is 0 Å². The number of hydrogen-bond acceptors (Lipinski definition) is 4. The van der Waals surface area contributed by atoms with Gasteiger partial charge in [0.15, 0.2) is 0 Å². The Bertz CT molecular complexity index is 67.5. The molecule has 0 unspecified atom stereocenters. The van der Waals surface area contributed by atoms with Crippen LogP contribution in [-0.4, -0.2) is 31.3 Å². The summed E-state index contributed by atoms with van der Waals surface area (Å²) in [4.78, 5) is 17.5. The Morgan fingerprint density at radius 3 is 2.25 bits per heavy atom. The predicted molar refractivity (Wildman–Crippen MR) is 35.9 cm³/mol. The Balaban J connectivity index is 3.37. The molecule has 0 saturated carbocycles. The van der Waals surface area contributed by atoms with Gasteiger partial charge in [-0.3, -0.25) is 0 Å². The van der Waals surface area contributed by atoms with Gasteiger partial charge < -0.3 is 14.0 Å². The first kappa shape index (κ1) is 8.45. The Kier molecular flexibility index (Phi) is 3.66. The molecule has 0 amide bonds. The van der Waals surface area contributed by atoms with Crippen LogP contribution in [0.15, 0.2) is 0 Å². The predicted octanol–water partition coefficient (Wildman–Crippen LogP) is -0.514. The van der Waals surface area contributed by atoms with E-state index < -0.39 is 8.80 Å². The highest BCUT2D eigenvalue weighted by Crippen LogP contribution is 2.01. The zero-order valence-electron chi connectivity index (χ0n) is 4.66. The molecule has 0 aromatic heterocycles. The van der Waals surface area contributed by atoms with E-state index in [9.17, 15) is 0 Å². The third-order valence-electron chi connectivity index (χ3n) is 0.764. The quantitative estimate of drug-likeness (QED) is 0.379. The molecular weight excluding hydrogens is 144 g/mol. The van der Waals surface area contributed by atoms with E-state index in [1.807, 2.05) is 0 Å². The summed E-state index contributed by atoms with van der Waals surface area (Å²) in [6, 6.07) is 0.257. The summed E-state index contributed by atoms with van der Waals surface area (Å²) < 4.78 is 4.38. The summed E-state index contributed by atoms with van der Waals surface area (Å²) in [5.74, 6) is 0.451. The summed E-state index contributed by atoms with van der Waals surface area (Å²) in [5.41, 5.74) is 0. The van der Waals surface area contributed by atoms with Crippen molar-refractivity contribution in [1.82, 2.24) is 0 Å². The van der Waals surface area contributed by atoms with Crippen LogP contribution in [0.1, 0.15) is 0 Å². The highest BCUT2D eigenvalue weighted by molar-refractivity contribution is 7.80. The second-order valence-electron chi connectivity index (χ2n) is 1.42. The Morgan fingerprint density at radius 1 is 1.62 bits per heavy atom. The summed E-state index contributed by atoms with van der Waals surface area (Å²) in [5, 5.41) is 0. The van der Waals surface area contributed by atoms with Crippen molar-refractivity contribution in [1.29, 1.82) is 0 Å². The second kappa shape index (κ2) is 3.47. The van der Waals surface area contributed by atoms with Crippen LogP contribution < -0.4 is 0 Å². The third kappa shape index (κ3) is 3.45. The van der Waals surface area contributed by atoms with Crippen molar-refractivity contribution in [2.75, 3.05) is 12.9 Å². The van der Waals surface area contributed by atoms with Crippen molar-refractivity contribution in [2.24, 2.45) is 0 Å². The normalized spacial score (nSPS) is 12.0. The minimum atomic E-state index is -3.25. The molecule has 0 saturated heterocycles. The average Bonchev–Trinajstić information content (AvgIpc) is 1.67. The van der Waals surface area contributed by atoms with Gasteiger partial charge in [-0.05, 0) is 5.75 Å². The first-order valence-electron chi connectivity index (χ1n) is 2.23. The lowest BCUT2D eigenvalue weighted by Crippen LogP contribution is -2.37. The molecule has 0 bridgehead atoms. The first-order valence-corrected chi connectivity index (χ1v) is 4.87. The molecule has 50 valence electrons. The number of hydrogen-bond donors (Lipinski definition) is 3. The zero-order chi connectivity index (χ0) is 6.62. The lowest BCUT2D eigenvalue weighted by molar-refractivity contribution is 0.187. The van der Waals surface area contributed by atoms with Crippen molar-refractivity contribution < 1.29 is 14.0 Å². The molecule has 0 aliphatic rings. The Labute approximate surface area is 55.1 Å². The summed E-state index contributed by atoms with van der Waals surface area (Å²) >= 11 is 3.80. The van der Waals surface area contributed by atoms with E-state index in [4.69, 9.17) is 9.59 Å². The molecule has 0 spiro atoms. The topological polar surface area (TPSA) is 49.7 Å². The molecule has 0 heterocycles. The van der Waals surface area contributed by atoms with E-state index in [-0.39, 0.29) is 6.04 Å². The second-order valence-corrected chi connectivity index (χ2v) is 4.26. The maximum atomic E-state index is 8.75. The van der Waals surface area contributed by atoms with Gasteiger partial charge in [-0.1, -0.05) is 0 Å². The van der Waals surface area contributed by atoms with Gasteiger partial charge in [0.2, 0.25) is 0 Å². The molecule has 0 fully saturated rings. The van der Waals surface area contributed by atoms with Gasteiger partial charge in [0.25, 0.3) is 0 Å². The standard InChI is InChI=1S/C3H10O3SSi/c1-6-8(4,5)3-2-7/h4-5,7H,2-3H2,1H3. The maximum Gasteiger partial charge on any atom is 0.496 e. The summed E-state index contributed by atoms with van der Waals surface area (Å²) in [7, 11) is -1.97. The molecule has 0 rings (SSSR count). The summed E-state index contributed by atoms with van der Waals surface area (Å²) in [6.45, 7) is 0. The first-order chi connectivity index (χ1) is 3.62.